The van der Waals surface area contributed by atoms with Gasteiger partial charge in [-0.05, 0) is 65.2 Å². The number of nitrogens with zero attached hydrogens (tertiary/aromatic N) is 2. The SMILES string of the molecule is CCN1CCCCCN(CCC(C)C)CCOC(C)(C)C1. The van der Waals surface area contributed by atoms with Gasteiger partial charge in [-0.15, -0.1) is 0 Å². The van der Waals surface area contributed by atoms with Crippen molar-refractivity contribution in [1.82, 2.24) is 9.80 Å². The Labute approximate surface area is 133 Å². The predicted molar refractivity (Wildman–Crippen MR) is 91.9 cm³/mol. The summed E-state index contributed by atoms with van der Waals surface area (Å²) in [6, 6.07) is 0. The zero-order valence-electron chi connectivity index (χ0n) is 15.2. The summed E-state index contributed by atoms with van der Waals surface area (Å²) < 4.78 is 6.19. The maximum Gasteiger partial charge on any atom is 0.0753 e. The summed E-state index contributed by atoms with van der Waals surface area (Å²) in [7, 11) is 0. The number of likely N-dealkylation sites (N-methyl/N-ethyl adjacent to an activating group) is 1. The monoisotopic (exact) mass is 298 g/mol. The van der Waals surface area contributed by atoms with Crippen molar-refractivity contribution in [2.75, 3.05) is 45.9 Å². The summed E-state index contributed by atoms with van der Waals surface area (Å²) in [6.07, 6.45) is 5.31. The lowest BCUT2D eigenvalue weighted by Gasteiger charge is -2.34. The molecule has 126 valence electrons. The number of hydrogen-bond donors (Lipinski definition) is 0. The van der Waals surface area contributed by atoms with E-state index in [4.69, 9.17) is 4.74 Å². The quantitative estimate of drug-likeness (QED) is 0.788. The molecule has 1 rings (SSSR count). The Morgan fingerprint density at radius 3 is 2.29 bits per heavy atom. The van der Waals surface area contributed by atoms with Crippen LogP contribution in [0.4, 0.5) is 0 Å². The average molecular weight is 299 g/mol. The van der Waals surface area contributed by atoms with Crippen LogP contribution in [0, 0.1) is 5.92 Å². The van der Waals surface area contributed by atoms with E-state index < -0.39 is 0 Å². The largest absolute Gasteiger partial charge is 0.373 e. The first kappa shape index (κ1) is 18.9. The van der Waals surface area contributed by atoms with Crippen LogP contribution in [0.2, 0.25) is 0 Å². The van der Waals surface area contributed by atoms with E-state index in [1.165, 1.54) is 45.3 Å². The van der Waals surface area contributed by atoms with Crippen molar-refractivity contribution >= 4 is 0 Å². The van der Waals surface area contributed by atoms with Crippen LogP contribution in [-0.4, -0.2) is 61.3 Å². The molecule has 21 heavy (non-hydrogen) atoms. The summed E-state index contributed by atoms with van der Waals surface area (Å²) in [4.78, 5) is 5.15. The first-order chi connectivity index (χ1) is 9.93. The van der Waals surface area contributed by atoms with E-state index in [9.17, 15) is 0 Å². The average Bonchev–Trinajstić information content (AvgIpc) is 2.40. The topological polar surface area (TPSA) is 15.7 Å². The van der Waals surface area contributed by atoms with Crippen LogP contribution in [0.15, 0.2) is 0 Å². The van der Waals surface area contributed by atoms with Crippen molar-refractivity contribution in [2.24, 2.45) is 5.92 Å². The van der Waals surface area contributed by atoms with E-state index >= 15 is 0 Å². The zero-order chi connectivity index (χ0) is 15.7. The smallest absolute Gasteiger partial charge is 0.0753 e. The van der Waals surface area contributed by atoms with Crippen molar-refractivity contribution in [2.45, 2.75) is 65.9 Å². The molecule has 0 bridgehead atoms. The summed E-state index contributed by atoms with van der Waals surface area (Å²) in [5.74, 6) is 0.793. The maximum atomic E-state index is 6.19. The third kappa shape index (κ3) is 8.80. The molecule has 1 heterocycles. The molecule has 1 aliphatic rings. The Balaban J connectivity index is 2.49. The second kappa shape index (κ2) is 9.81. The Bertz CT molecular complexity index is 266. The van der Waals surface area contributed by atoms with Gasteiger partial charge in [0.05, 0.1) is 12.2 Å². The summed E-state index contributed by atoms with van der Waals surface area (Å²) in [5.41, 5.74) is -0.0288. The molecule has 0 aromatic rings. The molecule has 0 radical (unpaired) electrons. The number of ether oxygens (including phenoxy) is 1. The fourth-order valence-electron chi connectivity index (χ4n) is 3.01. The summed E-state index contributed by atoms with van der Waals surface area (Å²) in [5, 5.41) is 0. The molecule has 3 heteroatoms. The number of rotatable bonds is 4. The molecule has 1 saturated heterocycles. The molecule has 0 spiro atoms. The van der Waals surface area contributed by atoms with Crippen LogP contribution in [0.3, 0.4) is 0 Å². The van der Waals surface area contributed by atoms with Gasteiger partial charge in [0.25, 0.3) is 0 Å². The van der Waals surface area contributed by atoms with Gasteiger partial charge in [0, 0.05) is 13.1 Å². The zero-order valence-corrected chi connectivity index (χ0v) is 15.2. The third-order valence-corrected chi connectivity index (χ3v) is 4.42. The molecule has 0 unspecified atom stereocenters. The van der Waals surface area contributed by atoms with Crippen LogP contribution in [-0.2, 0) is 4.74 Å². The normalized spacial score (nSPS) is 23.7. The van der Waals surface area contributed by atoms with Gasteiger partial charge in [0.1, 0.15) is 0 Å². The Hall–Kier alpha value is -0.120. The Kier molecular flexibility index (Phi) is 8.84. The standard InChI is InChI=1S/C18H38N2O/c1-6-19-11-8-7-9-12-20(13-10-17(2)3)14-15-21-18(4,5)16-19/h17H,6-16H2,1-5H3. The van der Waals surface area contributed by atoms with Gasteiger partial charge < -0.3 is 14.5 Å². The molecule has 0 saturated carbocycles. The van der Waals surface area contributed by atoms with Crippen LogP contribution in [0.5, 0.6) is 0 Å². The Morgan fingerprint density at radius 1 is 1.00 bits per heavy atom. The first-order valence-electron chi connectivity index (χ1n) is 9.01. The highest BCUT2D eigenvalue weighted by Gasteiger charge is 2.22. The van der Waals surface area contributed by atoms with Crippen molar-refractivity contribution in [3.8, 4) is 0 Å². The second-order valence-electron chi connectivity index (χ2n) is 7.56. The highest BCUT2D eigenvalue weighted by Crippen LogP contribution is 2.14. The molecule has 0 amide bonds. The van der Waals surface area contributed by atoms with Gasteiger partial charge in [0.15, 0.2) is 0 Å². The second-order valence-corrected chi connectivity index (χ2v) is 7.56. The highest BCUT2D eigenvalue weighted by atomic mass is 16.5. The first-order valence-corrected chi connectivity index (χ1v) is 9.01. The lowest BCUT2D eigenvalue weighted by atomic mass is 10.1. The van der Waals surface area contributed by atoms with Crippen molar-refractivity contribution < 1.29 is 4.74 Å². The van der Waals surface area contributed by atoms with E-state index in [1.54, 1.807) is 0 Å². The summed E-state index contributed by atoms with van der Waals surface area (Å²) >= 11 is 0. The fraction of sp³-hybridized carbons (Fsp3) is 1.00. The van der Waals surface area contributed by atoms with Gasteiger partial charge in [0.2, 0.25) is 0 Å². The van der Waals surface area contributed by atoms with Crippen molar-refractivity contribution in [3.63, 3.8) is 0 Å². The Morgan fingerprint density at radius 2 is 1.67 bits per heavy atom. The van der Waals surface area contributed by atoms with Crippen LogP contribution < -0.4 is 0 Å². The maximum absolute atomic E-state index is 6.19. The van der Waals surface area contributed by atoms with E-state index in [0.29, 0.717) is 0 Å². The van der Waals surface area contributed by atoms with E-state index in [-0.39, 0.29) is 5.60 Å². The van der Waals surface area contributed by atoms with E-state index in [2.05, 4.69) is 44.4 Å². The molecule has 1 fully saturated rings. The van der Waals surface area contributed by atoms with Crippen LogP contribution in [0.25, 0.3) is 0 Å². The minimum atomic E-state index is -0.0288. The molecule has 0 atom stereocenters. The molecular formula is C18H38N2O. The molecule has 0 N–H and O–H groups in total. The van der Waals surface area contributed by atoms with E-state index in [1.807, 2.05) is 0 Å². The van der Waals surface area contributed by atoms with Gasteiger partial charge in [-0.2, -0.15) is 0 Å². The predicted octanol–water partition coefficient (Wildman–Crippen LogP) is 3.64. The van der Waals surface area contributed by atoms with Gasteiger partial charge in [-0.3, -0.25) is 0 Å². The molecule has 0 aromatic heterocycles. The lowest BCUT2D eigenvalue weighted by Crippen LogP contribution is -2.43. The van der Waals surface area contributed by atoms with Gasteiger partial charge in [-0.1, -0.05) is 27.2 Å². The van der Waals surface area contributed by atoms with Crippen LogP contribution >= 0.6 is 0 Å². The van der Waals surface area contributed by atoms with Crippen LogP contribution in [0.1, 0.15) is 60.3 Å². The minimum Gasteiger partial charge on any atom is -0.373 e. The molecule has 0 aromatic carbocycles. The molecule has 0 aliphatic carbocycles. The number of hydrogen-bond acceptors (Lipinski definition) is 3. The minimum absolute atomic E-state index is 0.0288. The highest BCUT2D eigenvalue weighted by molar-refractivity contribution is 4.75. The lowest BCUT2D eigenvalue weighted by molar-refractivity contribution is -0.0480. The van der Waals surface area contributed by atoms with Gasteiger partial charge in [-0.25, -0.2) is 0 Å². The summed E-state index contributed by atoms with van der Waals surface area (Å²) in [6.45, 7) is 19.2. The molecule has 3 nitrogen and oxygen atoms in total. The third-order valence-electron chi connectivity index (χ3n) is 4.42. The van der Waals surface area contributed by atoms with Crippen molar-refractivity contribution in [3.05, 3.63) is 0 Å². The van der Waals surface area contributed by atoms with Crippen molar-refractivity contribution in [1.29, 1.82) is 0 Å². The van der Waals surface area contributed by atoms with E-state index in [0.717, 1.165) is 32.2 Å². The van der Waals surface area contributed by atoms with Gasteiger partial charge >= 0.3 is 0 Å². The molecular weight excluding hydrogens is 260 g/mol. The fourth-order valence-corrected chi connectivity index (χ4v) is 3.01. The molecule has 1 aliphatic heterocycles.